The van der Waals surface area contributed by atoms with Crippen molar-refractivity contribution in [1.29, 1.82) is 0 Å². The van der Waals surface area contributed by atoms with Gasteiger partial charge in [0.2, 0.25) is 0 Å². The second-order valence-corrected chi connectivity index (χ2v) is 4.54. The molecule has 1 aromatic heterocycles. The van der Waals surface area contributed by atoms with Gasteiger partial charge in [-0.1, -0.05) is 13.3 Å². The molecule has 19 heavy (non-hydrogen) atoms. The summed E-state index contributed by atoms with van der Waals surface area (Å²) >= 11 is 0. The van der Waals surface area contributed by atoms with Crippen molar-refractivity contribution < 1.29 is 9.47 Å². The van der Waals surface area contributed by atoms with E-state index in [1.165, 1.54) is 0 Å². The predicted octanol–water partition coefficient (Wildman–Crippen LogP) is 2.01. The molecule has 0 amide bonds. The fourth-order valence-corrected chi connectivity index (χ4v) is 1.90. The number of nitrogens with zero attached hydrogens (tertiary/aromatic N) is 2. The Morgan fingerprint density at radius 2 is 2.11 bits per heavy atom. The Bertz CT molecular complexity index is 372. The van der Waals surface area contributed by atoms with Gasteiger partial charge in [0.25, 0.3) is 0 Å². The molecule has 1 unspecified atom stereocenters. The standard InChI is InChI=1S/C14H25N3O2/c1-5-6-13(19-4)14-16-11(2)9-12(17-14)10-15-7-8-18-3/h9,13,15H,5-8,10H2,1-4H3. The molecule has 0 fully saturated rings. The van der Waals surface area contributed by atoms with Crippen LogP contribution in [-0.4, -0.2) is 37.3 Å². The fraction of sp³-hybridized carbons (Fsp3) is 0.714. The lowest BCUT2D eigenvalue weighted by atomic mass is 10.2. The van der Waals surface area contributed by atoms with Crippen LogP contribution in [0.3, 0.4) is 0 Å². The molecule has 1 rings (SSSR count). The molecule has 1 aromatic rings. The highest BCUT2D eigenvalue weighted by Crippen LogP contribution is 2.19. The highest BCUT2D eigenvalue weighted by atomic mass is 16.5. The molecule has 5 heteroatoms. The Kier molecular flexibility index (Phi) is 7.55. The van der Waals surface area contributed by atoms with E-state index in [0.717, 1.165) is 43.1 Å². The third kappa shape index (κ3) is 5.63. The van der Waals surface area contributed by atoms with E-state index in [1.807, 2.05) is 13.0 Å². The quantitative estimate of drug-likeness (QED) is 0.694. The first-order valence-electron chi connectivity index (χ1n) is 6.78. The van der Waals surface area contributed by atoms with Gasteiger partial charge < -0.3 is 14.8 Å². The van der Waals surface area contributed by atoms with Gasteiger partial charge in [0, 0.05) is 33.0 Å². The van der Waals surface area contributed by atoms with Gasteiger partial charge in [-0.15, -0.1) is 0 Å². The molecular weight excluding hydrogens is 242 g/mol. The minimum Gasteiger partial charge on any atom is -0.383 e. The van der Waals surface area contributed by atoms with Crippen LogP contribution in [0, 0.1) is 6.92 Å². The Morgan fingerprint density at radius 3 is 2.74 bits per heavy atom. The van der Waals surface area contributed by atoms with Gasteiger partial charge in [-0.2, -0.15) is 0 Å². The number of methoxy groups -OCH3 is 2. The molecule has 0 aliphatic rings. The monoisotopic (exact) mass is 267 g/mol. The van der Waals surface area contributed by atoms with E-state index in [2.05, 4.69) is 22.2 Å². The smallest absolute Gasteiger partial charge is 0.157 e. The summed E-state index contributed by atoms with van der Waals surface area (Å²) in [6.45, 7) is 6.37. The van der Waals surface area contributed by atoms with Crippen LogP contribution in [-0.2, 0) is 16.0 Å². The van der Waals surface area contributed by atoms with Gasteiger partial charge in [0.15, 0.2) is 5.82 Å². The van der Waals surface area contributed by atoms with Crippen molar-refractivity contribution >= 4 is 0 Å². The Hall–Kier alpha value is -1.04. The highest BCUT2D eigenvalue weighted by molar-refractivity contribution is 5.11. The summed E-state index contributed by atoms with van der Waals surface area (Å²) in [5, 5.41) is 3.29. The lowest BCUT2D eigenvalue weighted by Crippen LogP contribution is -2.20. The van der Waals surface area contributed by atoms with Gasteiger partial charge >= 0.3 is 0 Å². The molecule has 0 aliphatic heterocycles. The van der Waals surface area contributed by atoms with Crippen LogP contribution in [0.2, 0.25) is 0 Å². The van der Waals surface area contributed by atoms with Gasteiger partial charge in [-0.05, 0) is 19.4 Å². The molecular formula is C14H25N3O2. The summed E-state index contributed by atoms with van der Waals surface area (Å²) in [4.78, 5) is 9.06. The largest absolute Gasteiger partial charge is 0.383 e. The molecule has 0 aliphatic carbocycles. The van der Waals surface area contributed by atoms with E-state index in [-0.39, 0.29) is 6.10 Å². The van der Waals surface area contributed by atoms with Crippen molar-refractivity contribution in [3.05, 3.63) is 23.3 Å². The number of hydrogen-bond donors (Lipinski definition) is 1. The van der Waals surface area contributed by atoms with Crippen LogP contribution in [0.4, 0.5) is 0 Å². The van der Waals surface area contributed by atoms with Crippen molar-refractivity contribution in [3.63, 3.8) is 0 Å². The van der Waals surface area contributed by atoms with Gasteiger partial charge in [-0.3, -0.25) is 0 Å². The van der Waals surface area contributed by atoms with Crippen LogP contribution in [0.25, 0.3) is 0 Å². The Balaban J connectivity index is 2.69. The van der Waals surface area contributed by atoms with E-state index in [9.17, 15) is 0 Å². The third-order valence-corrected chi connectivity index (χ3v) is 2.84. The number of nitrogens with one attached hydrogen (secondary N) is 1. The van der Waals surface area contributed by atoms with Gasteiger partial charge in [0.1, 0.15) is 6.10 Å². The molecule has 1 N–H and O–H groups in total. The molecule has 1 heterocycles. The predicted molar refractivity (Wildman–Crippen MR) is 75.0 cm³/mol. The molecule has 0 radical (unpaired) electrons. The second-order valence-electron chi connectivity index (χ2n) is 4.54. The zero-order chi connectivity index (χ0) is 14.1. The molecule has 0 spiro atoms. The van der Waals surface area contributed by atoms with Gasteiger partial charge in [-0.25, -0.2) is 9.97 Å². The summed E-state index contributed by atoms with van der Waals surface area (Å²) in [5.74, 6) is 0.785. The molecule has 1 atom stereocenters. The fourth-order valence-electron chi connectivity index (χ4n) is 1.90. The summed E-state index contributed by atoms with van der Waals surface area (Å²) in [5.41, 5.74) is 1.98. The van der Waals surface area contributed by atoms with Crippen molar-refractivity contribution in [2.24, 2.45) is 0 Å². The van der Waals surface area contributed by atoms with Crippen molar-refractivity contribution in [2.75, 3.05) is 27.4 Å². The second kappa shape index (κ2) is 8.96. The average Bonchev–Trinajstić information content (AvgIpc) is 2.40. The maximum absolute atomic E-state index is 5.46. The summed E-state index contributed by atoms with van der Waals surface area (Å²) in [6, 6.07) is 2.00. The summed E-state index contributed by atoms with van der Waals surface area (Å²) in [6.07, 6.45) is 1.98. The lowest BCUT2D eigenvalue weighted by molar-refractivity contribution is 0.0872. The number of hydrogen-bond acceptors (Lipinski definition) is 5. The number of ether oxygens (including phenoxy) is 2. The number of rotatable bonds is 9. The normalized spacial score (nSPS) is 12.6. The topological polar surface area (TPSA) is 56.3 Å². The minimum absolute atomic E-state index is 0.0115. The van der Waals surface area contributed by atoms with E-state index < -0.39 is 0 Å². The van der Waals surface area contributed by atoms with Crippen molar-refractivity contribution in [2.45, 2.75) is 39.3 Å². The first kappa shape index (κ1) is 16.0. The molecule has 0 saturated heterocycles. The number of aryl methyl sites for hydroxylation is 1. The minimum atomic E-state index is -0.0115. The van der Waals surface area contributed by atoms with Crippen molar-refractivity contribution in [1.82, 2.24) is 15.3 Å². The summed E-state index contributed by atoms with van der Waals surface area (Å²) < 4.78 is 10.5. The zero-order valence-electron chi connectivity index (χ0n) is 12.4. The van der Waals surface area contributed by atoms with E-state index in [0.29, 0.717) is 6.61 Å². The Morgan fingerprint density at radius 1 is 1.32 bits per heavy atom. The van der Waals surface area contributed by atoms with Crippen LogP contribution >= 0.6 is 0 Å². The zero-order valence-corrected chi connectivity index (χ0v) is 12.4. The van der Waals surface area contributed by atoms with Crippen LogP contribution in [0.1, 0.15) is 43.1 Å². The average molecular weight is 267 g/mol. The lowest BCUT2D eigenvalue weighted by Gasteiger charge is -2.14. The molecule has 0 saturated carbocycles. The Labute approximate surface area is 115 Å². The van der Waals surface area contributed by atoms with Crippen LogP contribution in [0.15, 0.2) is 6.07 Å². The third-order valence-electron chi connectivity index (χ3n) is 2.84. The number of aromatic nitrogens is 2. The molecule has 0 bridgehead atoms. The summed E-state index contributed by atoms with van der Waals surface area (Å²) in [7, 11) is 3.41. The van der Waals surface area contributed by atoms with Crippen LogP contribution < -0.4 is 5.32 Å². The maximum atomic E-state index is 5.46. The molecule has 0 aromatic carbocycles. The van der Waals surface area contributed by atoms with E-state index in [1.54, 1.807) is 14.2 Å². The highest BCUT2D eigenvalue weighted by Gasteiger charge is 2.14. The van der Waals surface area contributed by atoms with Crippen LogP contribution in [0.5, 0.6) is 0 Å². The van der Waals surface area contributed by atoms with Crippen molar-refractivity contribution in [3.8, 4) is 0 Å². The maximum Gasteiger partial charge on any atom is 0.157 e. The first-order chi connectivity index (χ1) is 9.21. The van der Waals surface area contributed by atoms with Gasteiger partial charge in [0.05, 0.1) is 12.3 Å². The van der Waals surface area contributed by atoms with E-state index in [4.69, 9.17) is 9.47 Å². The SMILES string of the molecule is CCCC(OC)c1nc(C)cc(CNCCOC)n1. The molecule has 108 valence electrons. The van der Waals surface area contributed by atoms with E-state index >= 15 is 0 Å². The molecule has 5 nitrogen and oxygen atoms in total. The first-order valence-corrected chi connectivity index (χ1v) is 6.78.